The molecule has 0 aromatic heterocycles. The van der Waals surface area contributed by atoms with Crippen LogP contribution in [0.15, 0.2) is 42.5 Å². The summed E-state index contributed by atoms with van der Waals surface area (Å²) >= 11 is 0. The highest BCUT2D eigenvalue weighted by Crippen LogP contribution is 2.31. The van der Waals surface area contributed by atoms with Gasteiger partial charge in [-0.2, -0.15) is 0 Å². The highest BCUT2D eigenvalue weighted by molar-refractivity contribution is 5.99. The first-order chi connectivity index (χ1) is 14.0. The van der Waals surface area contributed by atoms with E-state index in [1.807, 2.05) is 12.1 Å². The number of nitro groups is 1. The molecule has 7 nitrogen and oxygen atoms in total. The molecule has 1 unspecified atom stereocenters. The van der Waals surface area contributed by atoms with Crippen molar-refractivity contribution < 1.29 is 14.5 Å². The van der Waals surface area contributed by atoms with Crippen LogP contribution in [0.2, 0.25) is 0 Å². The van der Waals surface area contributed by atoms with E-state index in [0.717, 1.165) is 24.1 Å². The second kappa shape index (κ2) is 8.21. The van der Waals surface area contributed by atoms with Crippen LogP contribution in [0.4, 0.5) is 11.4 Å². The Hall–Kier alpha value is -2.93. The predicted octanol–water partition coefficient (Wildman–Crippen LogP) is 3.72. The molecule has 2 saturated heterocycles. The zero-order valence-corrected chi connectivity index (χ0v) is 16.5. The van der Waals surface area contributed by atoms with Crippen LogP contribution in [0.1, 0.15) is 40.4 Å². The number of aryl methyl sites for hydroxylation is 1. The number of ether oxygens (including phenoxy) is 1. The molecule has 2 aromatic carbocycles. The molecular weight excluding hydrogens is 370 g/mol. The van der Waals surface area contributed by atoms with E-state index in [0.29, 0.717) is 32.8 Å². The van der Waals surface area contributed by atoms with Crippen LogP contribution >= 0.6 is 0 Å². The molecule has 152 valence electrons. The Morgan fingerprint density at radius 3 is 2.62 bits per heavy atom. The Morgan fingerprint density at radius 2 is 1.90 bits per heavy atom. The number of morpholine rings is 1. The Bertz CT molecular complexity index is 924. The molecule has 7 heteroatoms. The second-order valence-electron chi connectivity index (χ2n) is 7.62. The average molecular weight is 395 g/mol. The third-order valence-corrected chi connectivity index (χ3v) is 5.77. The smallest absolute Gasteiger partial charge is 0.282 e. The SMILES string of the molecule is Cc1ccccc1C1CN(c2ccc([N+](=O)[O-])c(C(=O)N3CCCC3)c2)CCO1. The van der Waals surface area contributed by atoms with Gasteiger partial charge in [0.2, 0.25) is 0 Å². The number of likely N-dealkylation sites (tertiary alicyclic amines) is 1. The van der Waals surface area contributed by atoms with Crippen LogP contribution in [0.25, 0.3) is 0 Å². The fourth-order valence-electron chi connectivity index (χ4n) is 4.16. The first-order valence-electron chi connectivity index (χ1n) is 10.0. The molecular formula is C22H25N3O4. The summed E-state index contributed by atoms with van der Waals surface area (Å²) in [6.07, 6.45) is 1.82. The summed E-state index contributed by atoms with van der Waals surface area (Å²) in [5.41, 5.74) is 3.18. The van der Waals surface area contributed by atoms with E-state index in [4.69, 9.17) is 4.74 Å². The molecule has 2 heterocycles. The second-order valence-corrected chi connectivity index (χ2v) is 7.62. The Labute approximate surface area is 170 Å². The van der Waals surface area contributed by atoms with Crippen LogP contribution in [0, 0.1) is 17.0 Å². The Balaban J connectivity index is 1.62. The number of nitrogens with zero attached hydrogens (tertiary/aromatic N) is 3. The van der Waals surface area contributed by atoms with Crippen molar-refractivity contribution in [3.8, 4) is 0 Å². The highest BCUT2D eigenvalue weighted by atomic mass is 16.6. The minimum absolute atomic E-state index is 0.0714. The van der Waals surface area contributed by atoms with Gasteiger partial charge in [0.15, 0.2) is 0 Å². The molecule has 0 saturated carbocycles. The van der Waals surface area contributed by atoms with Crippen molar-refractivity contribution in [3.63, 3.8) is 0 Å². The van der Waals surface area contributed by atoms with Gasteiger partial charge in [0, 0.05) is 37.9 Å². The summed E-state index contributed by atoms with van der Waals surface area (Å²) in [6, 6.07) is 13.0. The van der Waals surface area contributed by atoms with Gasteiger partial charge < -0.3 is 14.5 Å². The first kappa shape index (κ1) is 19.4. The maximum Gasteiger partial charge on any atom is 0.282 e. The van der Waals surface area contributed by atoms with E-state index in [2.05, 4.69) is 24.0 Å². The maximum atomic E-state index is 12.9. The monoisotopic (exact) mass is 395 g/mol. The Morgan fingerprint density at radius 1 is 1.14 bits per heavy atom. The first-order valence-corrected chi connectivity index (χ1v) is 10.0. The lowest BCUT2D eigenvalue weighted by Gasteiger charge is -2.35. The van der Waals surface area contributed by atoms with E-state index in [1.165, 1.54) is 11.6 Å². The summed E-state index contributed by atoms with van der Waals surface area (Å²) in [7, 11) is 0. The number of anilines is 1. The lowest BCUT2D eigenvalue weighted by molar-refractivity contribution is -0.385. The molecule has 0 bridgehead atoms. The lowest BCUT2D eigenvalue weighted by Crippen LogP contribution is -2.38. The fraction of sp³-hybridized carbons (Fsp3) is 0.409. The van der Waals surface area contributed by atoms with E-state index in [9.17, 15) is 14.9 Å². The summed E-state index contributed by atoms with van der Waals surface area (Å²) in [6.45, 7) is 5.26. The summed E-state index contributed by atoms with van der Waals surface area (Å²) in [5.74, 6) is -0.250. The number of benzene rings is 2. The summed E-state index contributed by atoms with van der Waals surface area (Å²) in [5, 5.41) is 11.5. The number of rotatable bonds is 4. The molecule has 1 amide bonds. The molecule has 2 aromatic rings. The number of hydrogen-bond donors (Lipinski definition) is 0. The van der Waals surface area contributed by atoms with Crippen LogP contribution in [0.3, 0.4) is 0 Å². The van der Waals surface area contributed by atoms with Gasteiger partial charge in [0.1, 0.15) is 11.7 Å². The van der Waals surface area contributed by atoms with Crippen molar-refractivity contribution in [1.82, 2.24) is 4.90 Å². The van der Waals surface area contributed by atoms with Gasteiger partial charge in [-0.1, -0.05) is 24.3 Å². The predicted molar refractivity (Wildman–Crippen MR) is 110 cm³/mol. The molecule has 1 atom stereocenters. The number of carbonyl (C=O) groups excluding carboxylic acids is 1. The molecule has 29 heavy (non-hydrogen) atoms. The molecule has 4 rings (SSSR count). The van der Waals surface area contributed by atoms with Gasteiger partial charge in [0.05, 0.1) is 11.5 Å². The molecule has 2 fully saturated rings. The van der Waals surface area contributed by atoms with Gasteiger partial charge in [-0.25, -0.2) is 0 Å². The van der Waals surface area contributed by atoms with Crippen LogP contribution in [-0.4, -0.2) is 48.5 Å². The fourth-order valence-corrected chi connectivity index (χ4v) is 4.16. The number of amides is 1. The number of hydrogen-bond acceptors (Lipinski definition) is 5. The van der Waals surface area contributed by atoms with Crippen molar-refractivity contribution >= 4 is 17.3 Å². The molecule has 2 aliphatic rings. The molecule has 0 aliphatic carbocycles. The molecule has 0 N–H and O–H groups in total. The van der Waals surface area contributed by atoms with E-state index in [-0.39, 0.29) is 23.3 Å². The van der Waals surface area contributed by atoms with Gasteiger partial charge in [-0.3, -0.25) is 14.9 Å². The largest absolute Gasteiger partial charge is 0.370 e. The zero-order chi connectivity index (χ0) is 20.4. The average Bonchev–Trinajstić information content (AvgIpc) is 3.28. The quantitative estimate of drug-likeness (QED) is 0.583. The van der Waals surface area contributed by atoms with Crippen LogP contribution < -0.4 is 4.90 Å². The van der Waals surface area contributed by atoms with Crippen molar-refractivity contribution in [3.05, 3.63) is 69.3 Å². The van der Waals surface area contributed by atoms with Crippen LogP contribution in [-0.2, 0) is 4.74 Å². The third-order valence-electron chi connectivity index (χ3n) is 5.77. The van der Waals surface area contributed by atoms with E-state index >= 15 is 0 Å². The zero-order valence-electron chi connectivity index (χ0n) is 16.5. The molecule has 0 radical (unpaired) electrons. The van der Waals surface area contributed by atoms with E-state index < -0.39 is 4.92 Å². The third kappa shape index (κ3) is 3.96. The number of carbonyl (C=O) groups is 1. The van der Waals surface area contributed by atoms with E-state index in [1.54, 1.807) is 17.0 Å². The Kier molecular flexibility index (Phi) is 5.49. The van der Waals surface area contributed by atoms with Gasteiger partial charge in [0.25, 0.3) is 11.6 Å². The normalized spacial score (nSPS) is 19.4. The van der Waals surface area contributed by atoms with Gasteiger partial charge in [-0.05, 0) is 43.0 Å². The lowest BCUT2D eigenvalue weighted by atomic mass is 10.0. The van der Waals surface area contributed by atoms with Crippen molar-refractivity contribution in [2.45, 2.75) is 25.9 Å². The van der Waals surface area contributed by atoms with Gasteiger partial charge in [-0.15, -0.1) is 0 Å². The van der Waals surface area contributed by atoms with Gasteiger partial charge >= 0.3 is 0 Å². The molecule has 2 aliphatic heterocycles. The van der Waals surface area contributed by atoms with Crippen molar-refractivity contribution in [1.29, 1.82) is 0 Å². The summed E-state index contributed by atoms with van der Waals surface area (Å²) < 4.78 is 5.99. The standard InChI is InChI=1S/C22H25N3O4/c1-16-6-2-3-7-18(16)21-15-24(12-13-29-21)17-8-9-20(25(27)28)19(14-17)22(26)23-10-4-5-11-23/h2-3,6-9,14,21H,4-5,10-13,15H2,1H3. The number of nitro benzene ring substituents is 1. The minimum atomic E-state index is -0.470. The van der Waals surface area contributed by atoms with Crippen LogP contribution in [0.5, 0.6) is 0 Å². The topological polar surface area (TPSA) is 75.9 Å². The maximum absolute atomic E-state index is 12.9. The van der Waals surface area contributed by atoms with Crippen molar-refractivity contribution in [2.24, 2.45) is 0 Å². The molecule has 0 spiro atoms. The van der Waals surface area contributed by atoms with Crippen molar-refractivity contribution in [2.75, 3.05) is 37.7 Å². The highest BCUT2D eigenvalue weighted by Gasteiger charge is 2.29. The minimum Gasteiger partial charge on any atom is -0.370 e. The summed E-state index contributed by atoms with van der Waals surface area (Å²) in [4.78, 5) is 27.8.